The summed E-state index contributed by atoms with van der Waals surface area (Å²) in [6.45, 7) is 0. The molecule has 0 bridgehead atoms. The summed E-state index contributed by atoms with van der Waals surface area (Å²) in [5.74, 6) is -0.334. The highest BCUT2D eigenvalue weighted by atomic mass is 16.1. The first-order valence-corrected chi connectivity index (χ1v) is 20.5. The zero-order valence-corrected chi connectivity index (χ0v) is 31.2. The van der Waals surface area contributed by atoms with Crippen LogP contribution in [0.15, 0.2) is 48.6 Å². The van der Waals surface area contributed by atoms with Crippen molar-refractivity contribution in [3.05, 3.63) is 59.7 Å². The average Bonchev–Trinajstić information content (AvgIpc) is 3.07. The number of carbonyl (C=O) groups is 2. The molecular formula is C44H76N2O2. The predicted molar refractivity (Wildman–Crippen MR) is 209 cm³/mol. The van der Waals surface area contributed by atoms with E-state index in [1.807, 2.05) is 0 Å². The van der Waals surface area contributed by atoms with Crippen molar-refractivity contribution in [2.45, 2.75) is 205 Å². The molecule has 0 aliphatic carbocycles. The predicted octanol–water partition coefficient (Wildman–Crippen LogP) is 12.6. The maximum Gasteiger partial charge on any atom is 0.217 e. The SMILES string of the molecule is NC(=O)CCCCCCC/C=C\CCCCCCCCCc1cccc(CCCCCCCCC/C=C\CCCCCCCC(N)=O)c1. The van der Waals surface area contributed by atoms with Crippen LogP contribution in [0.4, 0.5) is 0 Å². The number of amides is 2. The number of aryl methyl sites for hydroxylation is 2. The Bertz CT molecular complexity index is 866. The van der Waals surface area contributed by atoms with E-state index in [1.165, 1.54) is 178 Å². The fourth-order valence-corrected chi connectivity index (χ4v) is 6.55. The third-order valence-corrected chi connectivity index (χ3v) is 9.59. The number of rotatable bonds is 36. The lowest BCUT2D eigenvalue weighted by Crippen LogP contribution is -2.09. The molecule has 1 aromatic rings. The zero-order valence-electron chi connectivity index (χ0n) is 31.2. The van der Waals surface area contributed by atoms with Gasteiger partial charge in [-0.15, -0.1) is 0 Å². The fraction of sp³-hybridized carbons (Fsp3) is 0.727. The summed E-state index contributed by atoms with van der Waals surface area (Å²) in [5, 5.41) is 0. The van der Waals surface area contributed by atoms with Crippen LogP contribution in [0, 0.1) is 0 Å². The summed E-state index contributed by atoms with van der Waals surface area (Å²) in [6.07, 6.45) is 48.7. The van der Waals surface area contributed by atoms with Crippen LogP contribution in [0.1, 0.15) is 204 Å². The molecule has 0 saturated carbocycles. The first kappa shape index (κ1) is 43.7. The fourth-order valence-electron chi connectivity index (χ4n) is 6.55. The van der Waals surface area contributed by atoms with Crippen LogP contribution >= 0.6 is 0 Å². The van der Waals surface area contributed by atoms with Gasteiger partial charge in [-0.1, -0.05) is 151 Å². The third-order valence-electron chi connectivity index (χ3n) is 9.59. The van der Waals surface area contributed by atoms with E-state index in [2.05, 4.69) is 48.6 Å². The second kappa shape index (κ2) is 34.5. The zero-order chi connectivity index (χ0) is 34.6. The van der Waals surface area contributed by atoms with Gasteiger partial charge in [0, 0.05) is 12.8 Å². The van der Waals surface area contributed by atoms with Gasteiger partial charge in [0.15, 0.2) is 0 Å². The lowest BCUT2D eigenvalue weighted by Gasteiger charge is -2.06. The summed E-state index contributed by atoms with van der Waals surface area (Å²) < 4.78 is 0. The van der Waals surface area contributed by atoms with E-state index < -0.39 is 0 Å². The van der Waals surface area contributed by atoms with Crippen LogP contribution in [0.25, 0.3) is 0 Å². The molecule has 0 aliphatic heterocycles. The highest BCUT2D eigenvalue weighted by Gasteiger charge is 2.00. The van der Waals surface area contributed by atoms with Crippen LogP contribution in [-0.2, 0) is 22.4 Å². The number of primary amides is 2. The highest BCUT2D eigenvalue weighted by Crippen LogP contribution is 2.16. The Morgan fingerprint density at radius 2 is 0.667 bits per heavy atom. The summed E-state index contributed by atoms with van der Waals surface area (Å²) in [5.41, 5.74) is 13.4. The van der Waals surface area contributed by atoms with Gasteiger partial charge >= 0.3 is 0 Å². The van der Waals surface area contributed by atoms with Crippen LogP contribution in [-0.4, -0.2) is 11.8 Å². The molecule has 0 saturated heterocycles. The van der Waals surface area contributed by atoms with Crippen LogP contribution in [0.2, 0.25) is 0 Å². The molecule has 48 heavy (non-hydrogen) atoms. The van der Waals surface area contributed by atoms with E-state index in [-0.39, 0.29) is 11.8 Å². The first-order valence-electron chi connectivity index (χ1n) is 20.5. The summed E-state index contributed by atoms with van der Waals surface area (Å²) in [7, 11) is 0. The molecule has 0 unspecified atom stereocenters. The molecule has 274 valence electrons. The van der Waals surface area contributed by atoms with Crippen molar-refractivity contribution in [2.75, 3.05) is 0 Å². The number of allylic oxidation sites excluding steroid dienone is 4. The second-order valence-corrected chi connectivity index (χ2v) is 14.3. The number of unbranched alkanes of at least 4 members (excludes halogenated alkanes) is 24. The molecule has 0 fully saturated rings. The minimum absolute atomic E-state index is 0.167. The van der Waals surface area contributed by atoms with Crippen molar-refractivity contribution in [2.24, 2.45) is 11.5 Å². The minimum atomic E-state index is -0.167. The normalized spacial score (nSPS) is 11.7. The van der Waals surface area contributed by atoms with Crippen LogP contribution < -0.4 is 11.5 Å². The minimum Gasteiger partial charge on any atom is -0.370 e. The van der Waals surface area contributed by atoms with Gasteiger partial charge in [-0.25, -0.2) is 0 Å². The molecule has 0 radical (unpaired) electrons. The van der Waals surface area contributed by atoms with E-state index in [9.17, 15) is 9.59 Å². The quantitative estimate of drug-likeness (QED) is 0.0552. The standard InChI is InChI=1S/C44H76N2O2/c45-43(47)38-31-27-23-19-15-11-7-3-1-5-9-13-17-21-25-29-34-41-36-33-37-42(40-41)35-30-26-22-18-14-10-6-2-4-8-12-16-20-24-28-32-39-44(46)48/h3-4,7-8,33,36-37,40H,1-2,5-6,9-32,34-35,38-39H2,(H2,45,47)(H2,46,48)/b7-3-,8-4-. The Morgan fingerprint density at radius 1 is 0.396 bits per heavy atom. The third kappa shape index (κ3) is 32.2. The van der Waals surface area contributed by atoms with Gasteiger partial charge in [0.2, 0.25) is 11.8 Å². The Morgan fingerprint density at radius 3 is 0.979 bits per heavy atom. The van der Waals surface area contributed by atoms with E-state index in [0.29, 0.717) is 12.8 Å². The van der Waals surface area contributed by atoms with E-state index in [1.54, 1.807) is 0 Å². The second-order valence-electron chi connectivity index (χ2n) is 14.3. The summed E-state index contributed by atoms with van der Waals surface area (Å²) in [6, 6.07) is 9.41. The molecule has 1 aromatic carbocycles. The molecule has 0 aliphatic rings. The Balaban J connectivity index is 1.86. The molecule has 0 heterocycles. The number of hydrogen-bond donors (Lipinski definition) is 2. The van der Waals surface area contributed by atoms with Crippen LogP contribution in [0.5, 0.6) is 0 Å². The van der Waals surface area contributed by atoms with E-state index in [0.717, 1.165) is 25.7 Å². The topological polar surface area (TPSA) is 86.2 Å². The smallest absolute Gasteiger partial charge is 0.217 e. The first-order chi connectivity index (χ1) is 23.6. The lowest BCUT2D eigenvalue weighted by atomic mass is 10.00. The van der Waals surface area contributed by atoms with Gasteiger partial charge in [0.1, 0.15) is 0 Å². The van der Waals surface area contributed by atoms with Crippen LogP contribution in [0.3, 0.4) is 0 Å². The number of hydrogen-bond acceptors (Lipinski definition) is 2. The van der Waals surface area contributed by atoms with Gasteiger partial charge in [-0.2, -0.15) is 0 Å². The van der Waals surface area contributed by atoms with Gasteiger partial charge < -0.3 is 11.5 Å². The van der Waals surface area contributed by atoms with Gasteiger partial charge in [-0.05, 0) is 101 Å². The maximum absolute atomic E-state index is 10.7. The van der Waals surface area contributed by atoms with E-state index in [4.69, 9.17) is 11.5 Å². The number of carbonyl (C=O) groups excluding carboxylic acids is 2. The lowest BCUT2D eigenvalue weighted by molar-refractivity contribution is -0.119. The monoisotopic (exact) mass is 665 g/mol. The van der Waals surface area contributed by atoms with Crippen molar-refractivity contribution in [3.63, 3.8) is 0 Å². The molecule has 1 rings (SSSR count). The summed E-state index contributed by atoms with van der Waals surface area (Å²) in [4.78, 5) is 21.5. The molecule has 0 spiro atoms. The molecule has 0 atom stereocenters. The average molecular weight is 665 g/mol. The van der Waals surface area contributed by atoms with Gasteiger partial charge in [-0.3, -0.25) is 9.59 Å². The Labute approximate surface area is 297 Å². The van der Waals surface area contributed by atoms with Crippen molar-refractivity contribution in [1.82, 2.24) is 0 Å². The van der Waals surface area contributed by atoms with Crippen molar-refractivity contribution < 1.29 is 9.59 Å². The maximum atomic E-state index is 10.7. The molecule has 2 amide bonds. The van der Waals surface area contributed by atoms with Gasteiger partial charge in [0.05, 0.1) is 0 Å². The molecule has 4 N–H and O–H groups in total. The molecule has 0 aromatic heterocycles. The number of benzene rings is 1. The van der Waals surface area contributed by atoms with Gasteiger partial charge in [0.25, 0.3) is 0 Å². The van der Waals surface area contributed by atoms with E-state index >= 15 is 0 Å². The van der Waals surface area contributed by atoms with Crippen molar-refractivity contribution in [3.8, 4) is 0 Å². The largest absolute Gasteiger partial charge is 0.370 e. The molecular weight excluding hydrogens is 588 g/mol. The van der Waals surface area contributed by atoms with Crippen molar-refractivity contribution in [1.29, 1.82) is 0 Å². The highest BCUT2D eigenvalue weighted by molar-refractivity contribution is 5.73. The molecule has 4 heteroatoms. The Kier molecular flexibility index (Phi) is 31.4. The Hall–Kier alpha value is -2.36. The number of nitrogens with two attached hydrogens (primary N) is 2. The van der Waals surface area contributed by atoms with Crippen molar-refractivity contribution >= 4 is 11.8 Å². The molecule has 4 nitrogen and oxygen atoms in total. The summed E-state index contributed by atoms with van der Waals surface area (Å²) >= 11 is 0.